The molecule has 0 heterocycles. The Hall–Kier alpha value is -1.31. The Kier molecular flexibility index (Phi) is 4.11. The molecule has 0 unspecified atom stereocenters. The maximum absolute atomic E-state index is 11.6. The van der Waals surface area contributed by atoms with Crippen LogP contribution in [0.2, 0.25) is 0 Å². The zero-order chi connectivity index (χ0) is 12.3. The van der Waals surface area contributed by atoms with Gasteiger partial charge in [0.25, 0.3) is 0 Å². The van der Waals surface area contributed by atoms with Gasteiger partial charge in [0.1, 0.15) is 5.75 Å². The third-order valence-corrected chi connectivity index (χ3v) is 2.64. The summed E-state index contributed by atoms with van der Waals surface area (Å²) in [5, 5.41) is 0. The first-order chi connectivity index (χ1) is 7.47. The van der Waals surface area contributed by atoms with Gasteiger partial charge < -0.3 is 4.74 Å². The number of ether oxygens (including phenoxy) is 1. The third kappa shape index (κ3) is 2.63. The van der Waals surface area contributed by atoms with E-state index < -0.39 is 0 Å². The predicted molar refractivity (Wildman–Crippen MR) is 66.4 cm³/mol. The van der Waals surface area contributed by atoms with E-state index in [2.05, 4.69) is 19.9 Å². The van der Waals surface area contributed by atoms with E-state index in [4.69, 9.17) is 4.74 Å². The van der Waals surface area contributed by atoms with Gasteiger partial charge in [-0.25, -0.2) is 0 Å². The molecule has 0 atom stereocenters. The number of Topliss-reactive ketones (excluding diaryl/α,β-unsaturated/α-hetero) is 1. The van der Waals surface area contributed by atoms with Crippen LogP contribution in [0.3, 0.4) is 0 Å². The van der Waals surface area contributed by atoms with Crippen molar-refractivity contribution in [3.8, 4) is 5.75 Å². The van der Waals surface area contributed by atoms with Crippen LogP contribution in [0.4, 0.5) is 0 Å². The molecule has 1 aromatic carbocycles. The van der Waals surface area contributed by atoms with Gasteiger partial charge in [-0.3, -0.25) is 4.79 Å². The SMILES string of the molecule is CCOc1cc(C(C)C)cc(C)c1C(C)=O. The summed E-state index contributed by atoms with van der Waals surface area (Å²) in [6.07, 6.45) is 0. The number of carbonyl (C=O) groups excluding carboxylic acids is 1. The van der Waals surface area contributed by atoms with E-state index in [1.807, 2.05) is 19.9 Å². The van der Waals surface area contributed by atoms with Crippen LogP contribution in [0, 0.1) is 6.92 Å². The number of carbonyl (C=O) groups is 1. The van der Waals surface area contributed by atoms with Crippen molar-refractivity contribution in [3.05, 3.63) is 28.8 Å². The van der Waals surface area contributed by atoms with Crippen molar-refractivity contribution in [1.82, 2.24) is 0 Å². The second kappa shape index (κ2) is 5.15. The van der Waals surface area contributed by atoms with E-state index in [-0.39, 0.29) is 5.78 Å². The number of hydrogen-bond donors (Lipinski definition) is 0. The fraction of sp³-hybridized carbons (Fsp3) is 0.500. The average Bonchev–Trinajstić information content (AvgIpc) is 2.16. The van der Waals surface area contributed by atoms with Crippen molar-refractivity contribution in [3.63, 3.8) is 0 Å². The Morgan fingerprint density at radius 1 is 1.38 bits per heavy atom. The average molecular weight is 220 g/mol. The summed E-state index contributed by atoms with van der Waals surface area (Å²) in [4.78, 5) is 11.6. The molecular formula is C14H20O2. The Balaban J connectivity index is 3.33. The molecule has 1 aromatic rings. The molecule has 0 aliphatic carbocycles. The van der Waals surface area contributed by atoms with Crippen molar-refractivity contribution in [1.29, 1.82) is 0 Å². The van der Waals surface area contributed by atoms with Gasteiger partial charge >= 0.3 is 0 Å². The second-order valence-corrected chi connectivity index (χ2v) is 4.35. The molecule has 0 bridgehead atoms. The lowest BCUT2D eigenvalue weighted by atomic mass is 9.95. The van der Waals surface area contributed by atoms with Crippen LogP contribution in [0.15, 0.2) is 12.1 Å². The van der Waals surface area contributed by atoms with Crippen LogP contribution in [0.5, 0.6) is 5.75 Å². The highest BCUT2D eigenvalue weighted by Gasteiger charge is 2.14. The molecule has 2 heteroatoms. The van der Waals surface area contributed by atoms with E-state index in [1.165, 1.54) is 5.56 Å². The van der Waals surface area contributed by atoms with Gasteiger partial charge in [0.2, 0.25) is 0 Å². The van der Waals surface area contributed by atoms with E-state index in [0.717, 1.165) is 11.3 Å². The van der Waals surface area contributed by atoms with E-state index in [1.54, 1.807) is 6.92 Å². The minimum atomic E-state index is 0.0660. The fourth-order valence-corrected chi connectivity index (χ4v) is 1.84. The highest BCUT2D eigenvalue weighted by atomic mass is 16.5. The van der Waals surface area contributed by atoms with Gasteiger partial charge in [0, 0.05) is 0 Å². The fourth-order valence-electron chi connectivity index (χ4n) is 1.84. The minimum absolute atomic E-state index is 0.0660. The van der Waals surface area contributed by atoms with E-state index in [9.17, 15) is 4.79 Å². The normalized spacial score (nSPS) is 10.6. The monoisotopic (exact) mass is 220 g/mol. The van der Waals surface area contributed by atoms with Crippen molar-refractivity contribution in [2.45, 2.75) is 40.5 Å². The Bertz CT molecular complexity index is 392. The number of ketones is 1. The predicted octanol–water partition coefficient (Wildman–Crippen LogP) is 3.72. The molecule has 0 aliphatic rings. The first kappa shape index (κ1) is 12.8. The van der Waals surface area contributed by atoms with Gasteiger partial charge in [-0.1, -0.05) is 19.9 Å². The van der Waals surface area contributed by atoms with Gasteiger partial charge in [-0.05, 0) is 43.9 Å². The zero-order valence-corrected chi connectivity index (χ0v) is 10.8. The molecule has 0 N–H and O–H groups in total. The van der Waals surface area contributed by atoms with Crippen molar-refractivity contribution >= 4 is 5.78 Å². The van der Waals surface area contributed by atoms with Crippen molar-refractivity contribution < 1.29 is 9.53 Å². The molecule has 0 radical (unpaired) electrons. The van der Waals surface area contributed by atoms with Crippen LogP contribution >= 0.6 is 0 Å². The smallest absolute Gasteiger partial charge is 0.163 e. The summed E-state index contributed by atoms with van der Waals surface area (Å²) in [6, 6.07) is 4.06. The van der Waals surface area contributed by atoms with Crippen LogP contribution in [-0.2, 0) is 0 Å². The first-order valence-corrected chi connectivity index (χ1v) is 5.75. The summed E-state index contributed by atoms with van der Waals surface area (Å²) in [7, 11) is 0. The molecule has 0 fully saturated rings. The number of rotatable bonds is 4. The summed E-state index contributed by atoms with van der Waals surface area (Å²) in [6.45, 7) is 10.3. The molecule has 0 saturated heterocycles. The Morgan fingerprint density at radius 3 is 2.44 bits per heavy atom. The second-order valence-electron chi connectivity index (χ2n) is 4.35. The molecule has 0 saturated carbocycles. The summed E-state index contributed by atoms with van der Waals surface area (Å²) < 4.78 is 5.55. The molecule has 88 valence electrons. The molecule has 0 aromatic heterocycles. The summed E-state index contributed by atoms with van der Waals surface area (Å²) in [5.41, 5.74) is 2.93. The highest BCUT2D eigenvalue weighted by Crippen LogP contribution is 2.28. The lowest BCUT2D eigenvalue weighted by Crippen LogP contribution is -2.05. The lowest BCUT2D eigenvalue weighted by molar-refractivity contribution is 0.101. The molecule has 0 spiro atoms. The minimum Gasteiger partial charge on any atom is -0.493 e. The van der Waals surface area contributed by atoms with Crippen molar-refractivity contribution in [2.75, 3.05) is 6.61 Å². The molecule has 16 heavy (non-hydrogen) atoms. The standard InChI is InChI=1S/C14H20O2/c1-6-16-13-8-12(9(2)3)7-10(4)14(13)11(5)15/h7-9H,6H2,1-5H3. The first-order valence-electron chi connectivity index (χ1n) is 5.75. The highest BCUT2D eigenvalue weighted by molar-refractivity contribution is 5.98. The zero-order valence-electron chi connectivity index (χ0n) is 10.8. The maximum Gasteiger partial charge on any atom is 0.163 e. The van der Waals surface area contributed by atoms with Crippen LogP contribution < -0.4 is 4.74 Å². The number of hydrogen-bond acceptors (Lipinski definition) is 2. The molecule has 2 nitrogen and oxygen atoms in total. The van der Waals surface area contributed by atoms with Gasteiger partial charge in [0.15, 0.2) is 5.78 Å². The largest absolute Gasteiger partial charge is 0.493 e. The van der Waals surface area contributed by atoms with Gasteiger partial charge in [-0.15, -0.1) is 0 Å². The van der Waals surface area contributed by atoms with Gasteiger partial charge in [-0.2, -0.15) is 0 Å². The maximum atomic E-state index is 11.6. The lowest BCUT2D eigenvalue weighted by Gasteiger charge is -2.15. The molecule has 0 amide bonds. The Labute approximate surface area is 97.6 Å². The van der Waals surface area contributed by atoms with E-state index >= 15 is 0 Å². The third-order valence-electron chi connectivity index (χ3n) is 2.64. The summed E-state index contributed by atoms with van der Waals surface area (Å²) in [5.74, 6) is 1.23. The molecule has 1 rings (SSSR count). The van der Waals surface area contributed by atoms with Crippen molar-refractivity contribution in [2.24, 2.45) is 0 Å². The quantitative estimate of drug-likeness (QED) is 0.723. The number of benzene rings is 1. The van der Waals surface area contributed by atoms with E-state index in [0.29, 0.717) is 18.1 Å². The van der Waals surface area contributed by atoms with Gasteiger partial charge in [0.05, 0.1) is 12.2 Å². The molecule has 0 aliphatic heterocycles. The van der Waals surface area contributed by atoms with Crippen LogP contribution in [-0.4, -0.2) is 12.4 Å². The summed E-state index contributed by atoms with van der Waals surface area (Å²) >= 11 is 0. The number of aryl methyl sites for hydroxylation is 1. The van der Waals surface area contributed by atoms with Crippen LogP contribution in [0.25, 0.3) is 0 Å². The van der Waals surface area contributed by atoms with Crippen LogP contribution in [0.1, 0.15) is 55.1 Å². The molecular weight excluding hydrogens is 200 g/mol. The Morgan fingerprint density at radius 2 is 2.00 bits per heavy atom. The topological polar surface area (TPSA) is 26.3 Å².